The van der Waals surface area contributed by atoms with E-state index in [0.29, 0.717) is 12.8 Å². The predicted molar refractivity (Wildman–Crippen MR) is 214 cm³/mol. The molecule has 14 heteroatoms. The van der Waals surface area contributed by atoms with Gasteiger partial charge in [0, 0.05) is 13.1 Å². The largest absolute Gasteiger partial charge is 0.394 e. The van der Waals surface area contributed by atoms with Crippen molar-refractivity contribution in [1.29, 1.82) is 0 Å². The number of carbonyl (C=O) groups is 2. The average molecular weight is 815 g/mol. The summed E-state index contributed by atoms with van der Waals surface area (Å²) < 4.78 is 49.6. The molecule has 0 aliphatic carbocycles. The number of nitrogens with one attached hydrogen (secondary N) is 2. The molecule has 0 bridgehead atoms. The number of hydrogen-bond donors (Lipinski definition) is 4. The molecule has 4 saturated heterocycles. The first-order valence-electron chi connectivity index (χ1n) is 22.0. The van der Waals surface area contributed by atoms with Gasteiger partial charge in [0.2, 0.25) is 11.8 Å². The molecule has 0 radical (unpaired) electrons. The predicted octanol–water partition coefficient (Wildman–Crippen LogP) is 5.77. The molecule has 8 atom stereocenters. The second-order valence-corrected chi connectivity index (χ2v) is 18.5. The van der Waals surface area contributed by atoms with Gasteiger partial charge < -0.3 is 58.7 Å². The van der Waals surface area contributed by atoms with Crippen LogP contribution in [0.15, 0.2) is 0 Å². The van der Waals surface area contributed by atoms with Crippen LogP contribution in [0.4, 0.5) is 0 Å². The van der Waals surface area contributed by atoms with Crippen molar-refractivity contribution in [2.45, 2.75) is 231 Å². The summed E-state index contributed by atoms with van der Waals surface area (Å²) in [5.74, 6) is -4.53. The van der Waals surface area contributed by atoms with E-state index in [1.54, 1.807) is 55.4 Å². The van der Waals surface area contributed by atoms with E-state index in [1.807, 2.05) is 0 Å². The Morgan fingerprint density at radius 1 is 0.456 bits per heavy atom. The number of hydrogen-bond acceptors (Lipinski definition) is 12. The molecule has 332 valence electrons. The van der Waals surface area contributed by atoms with Gasteiger partial charge >= 0.3 is 0 Å². The van der Waals surface area contributed by atoms with Crippen molar-refractivity contribution in [2.75, 3.05) is 26.3 Å². The number of rotatable bonds is 24. The van der Waals surface area contributed by atoms with Crippen molar-refractivity contribution in [3.63, 3.8) is 0 Å². The maximum absolute atomic E-state index is 14.9. The van der Waals surface area contributed by atoms with Gasteiger partial charge in [-0.15, -0.1) is 0 Å². The number of amides is 2. The average Bonchev–Trinajstić information content (AvgIpc) is 3.84. The van der Waals surface area contributed by atoms with Crippen molar-refractivity contribution in [3.05, 3.63) is 0 Å². The minimum Gasteiger partial charge on any atom is -0.394 e. The first-order chi connectivity index (χ1) is 26.8. The third-order valence-electron chi connectivity index (χ3n) is 11.6. The lowest BCUT2D eigenvalue weighted by molar-refractivity contribution is -0.175. The molecule has 0 spiro atoms. The zero-order valence-corrected chi connectivity index (χ0v) is 36.8. The van der Waals surface area contributed by atoms with Crippen LogP contribution in [0.2, 0.25) is 0 Å². The normalized spacial score (nSPS) is 31.5. The summed E-state index contributed by atoms with van der Waals surface area (Å²) in [4.78, 5) is 29.7. The van der Waals surface area contributed by atoms with E-state index in [4.69, 9.17) is 37.9 Å². The molecule has 0 saturated carbocycles. The lowest BCUT2D eigenvalue weighted by Gasteiger charge is -2.33. The van der Waals surface area contributed by atoms with Crippen LogP contribution in [0.3, 0.4) is 0 Å². The summed E-state index contributed by atoms with van der Waals surface area (Å²) in [6.45, 7) is 18.4. The molecule has 4 N–H and O–H groups in total. The minimum absolute atomic E-state index is 0.0700. The third-order valence-corrected chi connectivity index (χ3v) is 11.6. The zero-order chi connectivity index (χ0) is 42.1. The first-order valence-corrected chi connectivity index (χ1v) is 22.0. The second kappa shape index (κ2) is 20.9. The second-order valence-electron chi connectivity index (χ2n) is 18.5. The van der Waals surface area contributed by atoms with Gasteiger partial charge in [-0.05, 0) is 68.2 Å². The SMILES string of the molecule is CCCCCCCCC(CCCCCCCC)(C(=O)NC[C@H]1OC(C)(C)O[C@@H]1[C@@H]1OC(C)(C)O[C@H]1CO)C(=O)NC[C@H]1OC(C)(C)O[C@@H]1[C@@H]1OC(C)(C)O[C@H]1CO. The van der Waals surface area contributed by atoms with Crippen LogP contribution in [-0.2, 0) is 47.5 Å². The molecule has 4 rings (SSSR count). The van der Waals surface area contributed by atoms with Gasteiger partial charge in [0.15, 0.2) is 23.1 Å². The molecule has 4 aliphatic heterocycles. The molecule has 4 heterocycles. The van der Waals surface area contributed by atoms with Crippen molar-refractivity contribution in [2.24, 2.45) is 5.41 Å². The summed E-state index contributed by atoms with van der Waals surface area (Å²) >= 11 is 0. The van der Waals surface area contributed by atoms with Crippen LogP contribution < -0.4 is 10.6 Å². The minimum atomic E-state index is -1.37. The fourth-order valence-electron chi connectivity index (χ4n) is 8.99. The van der Waals surface area contributed by atoms with Crippen LogP contribution in [0, 0.1) is 5.41 Å². The lowest BCUT2D eigenvalue weighted by Crippen LogP contribution is -2.56. The third kappa shape index (κ3) is 13.3. The van der Waals surface area contributed by atoms with Crippen LogP contribution in [0.5, 0.6) is 0 Å². The van der Waals surface area contributed by atoms with Gasteiger partial charge in [0.05, 0.1) is 13.2 Å². The van der Waals surface area contributed by atoms with Crippen molar-refractivity contribution in [3.8, 4) is 0 Å². The van der Waals surface area contributed by atoms with E-state index in [1.165, 1.54) is 0 Å². The number of aliphatic hydroxyl groups is 2. The summed E-state index contributed by atoms with van der Waals surface area (Å²) in [5, 5.41) is 26.6. The Bertz CT molecular complexity index is 1170. The zero-order valence-electron chi connectivity index (χ0n) is 36.8. The summed E-state index contributed by atoms with van der Waals surface area (Å²) in [7, 11) is 0. The highest BCUT2D eigenvalue weighted by atomic mass is 16.8. The molecule has 0 aromatic heterocycles. The number of aliphatic hydroxyl groups excluding tert-OH is 2. The molecule has 2 amide bonds. The molecule has 14 nitrogen and oxygen atoms in total. The summed E-state index contributed by atoms with van der Waals surface area (Å²) in [6, 6.07) is 0. The molecule has 0 unspecified atom stereocenters. The Morgan fingerprint density at radius 2 is 0.737 bits per heavy atom. The smallest absolute Gasteiger partial charge is 0.235 e. The maximum Gasteiger partial charge on any atom is 0.235 e. The molecular formula is C43H78N2O12. The topological polar surface area (TPSA) is 172 Å². The molecule has 4 aliphatic rings. The molecule has 4 fully saturated rings. The Balaban J connectivity index is 1.58. The number of unbranched alkanes of at least 4 members (excludes halogenated alkanes) is 10. The van der Waals surface area contributed by atoms with Crippen LogP contribution in [0.1, 0.15) is 159 Å². The molecular weight excluding hydrogens is 736 g/mol. The molecule has 0 aromatic rings. The lowest BCUT2D eigenvalue weighted by atomic mass is 9.75. The Morgan fingerprint density at radius 3 is 1.05 bits per heavy atom. The highest BCUT2D eigenvalue weighted by Gasteiger charge is 2.56. The van der Waals surface area contributed by atoms with Gasteiger partial charge in [-0.1, -0.05) is 90.9 Å². The van der Waals surface area contributed by atoms with Crippen LogP contribution in [0.25, 0.3) is 0 Å². The highest BCUT2D eigenvalue weighted by molar-refractivity contribution is 6.05. The van der Waals surface area contributed by atoms with Gasteiger partial charge in [0.25, 0.3) is 0 Å². The molecule has 0 aromatic carbocycles. The van der Waals surface area contributed by atoms with E-state index >= 15 is 0 Å². The molecule has 57 heavy (non-hydrogen) atoms. The van der Waals surface area contributed by atoms with E-state index in [-0.39, 0.29) is 38.1 Å². The Labute approximate surface area is 342 Å². The van der Waals surface area contributed by atoms with Crippen molar-refractivity contribution in [1.82, 2.24) is 10.6 Å². The van der Waals surface area contributed by atoms with E-state index in [0.717, 1.165) is 77.0 Å². The summed E-state index contributed by atoms with van der Waals surface area (Å²) in [5.41, 5.74) is -1.37. The van der Waals surface area contributed by atoms with Gasteiger partial charge in [-0.2, -0.15) is 0 Å². The number of carbonyl (C=O) groups excluding carboxylic acids is 2. The van der Waals surface area contributed by atoms with Gasteiger partial charge in [-0.25, -0.2) is 0 Å². The Kier molecular flexibility index (Phi) is 17.7. The van der Waals surface area contributed by atoms with Crippen molar-refractivity contribution >= 4 is 11.8 Å². The highest BCUT2D eigenvalue weighted by Crippen LogP contribution is 2.41. The van der Waals surface area contributed by atoms with Gasteiger partial charge in [0.1, 0.15) is 54.2 Å². The van der Waals surface area contributed by atoms with E-state index in [2.05, 4.69) is 24.5 Å². The van der Waals surface area contributed by atoms with E-state index in [9.17, 15) is 19.8 Å². The Hall–Kier alpha value is -1.46. The van der Waals surface area contributed by atoms with Crippen molar-refractivity contribution < 1.29 is 57.7 Å². The fourth-order valence-corrected chi connectivity index (χ4v) is 8.99. The quantitative estimate of drug-likeness (QED) is 0.0686. The standard InChI is InChI=1S/C43H78N2O12/c1-11-13-15-17-19-21-23-43(24-22-20-18-16-14-12-2,37(48)44-25-29-33(54-39(3,4)50-29)35-31(27-46)52-41(7,8)56-35)38(49)45-26-30-34(55-40(5,6)51-30)36-32(28-47)53-42(9,10)57-36/h29-36,46-47H,11-28H2,1-10H3,(H,44,48)(H,45,49)/t29-,30-,31+,32+,33+,34+,35-,36-/m1/s1. The monoisotopic (exact) mass is 815 g/mol. The summed E-state index contributed by atoms with van der Waals surface area (Å²) in [6.07, 6.45) is 7.83. The number of ether oxygens (including phenoxy) is 8. The fraction of sp³-hybridized carbons (Fsp3) is 0.953. The van der Waals surface area contributed by atoms with E-state index < -0.39 is 77.4 Å². The van der Waals surface area contributed by atoms with Crippen LogP contribution in [-0.4, -0.2) is 120 Å². The first kappa shape index (κ1) is 48.2. The maximum atomic E-state index is 14.9. The van der Waals surface area contributed by atoms with Crippen LogP contribution >= 0.6 is 0 Å². The van der Waals surface area contributed by atoms with Gasteiger partial charge in [-0.3, -0.25) is 9.59 Å².